The van der Waals surface area contributed by atoms with Gasteiger partial charge in [0, 0.05) is 28.5 Å². The first-order valence-corrected chi connectivity index (χ1v) is 11.3. The van der Waals surface area contributed by atoms with Crippen molar-refractivity contribution < 1.29 is 19.1 Å². The van der Waals surface area contributed by atoms with Crippen LogP contribution >= 0.6 is 11.6 Å². The van der Waals surface area contributed by atoms with Crippen LogP contribution in [0.25, 0.3) is 16.7 Å². The quantitative estimate of drug-likeness (QED) is 0.290. The maximum atomic E-state index is 13.1. The summed E-state index contributed by atoms with van der Waals surface area (Å²) in [5.41, 5.74) is 2.20. The normalized spacial score (nSPS) is 11.0. The molecule has 0 saturated heterocycles. The molecule has 4 rings (SSSR count). The van der Waals surface area contributed by atoms with Crippen molar-refractivity contribution in [2.75, 3.05) is 12.4 Å². The summed E-state index contributed by atoms with van der Waals surface area (Å²) in [6.45, 7) is 3.69. The predicted molar refractivity (Wildman–Crippen MR) is 130 cm³/mol. The second-order valence-electron chi connectivity index (χ2n) is 7.85. The van der Waals surface area contributed by atoms with Gasteiger partial charge in [0.25, 0.3) is 5.91 Å². The highest BCUT2D eigenvalue weighted by atomic mass is 35.5. The van der Waals surface area contributed by atoms with Gasteiger partial charge in [-0.2, -0.15) is 5.10 Å². The molecular weight excluding hydrogens is 472 g/mol. The number of Topliss-reactive ketones (excluding diaryl/α,β-unsaturated/α-hetero) is 1. The fraction of sp³-hybridized carbons (Fsp3) is 0.250. The number of nitrogens with zero attached hydrogens (tertiary/aromatic N) is 5. The fourth-order valence-corrected chi connectivity index (χ4v) is 3.91. The van der Waals surface area contributed by atoms with E-state index < -0.39 is 11.9 Å². The van der Waals surface area contributed by atoms with Gasteiger partial charge < -0.3 is 14.6 Å². The van der Waals surface area contributed by atoms with E-state index >= 15 is 0 Å². The summed E-state index contributed by atoms with van der Waals surface area (Å²) in [6, 6.07) is 5.08. The average Bonchev–Trinajstić information content (AvgIpc) is 3.40. The van der Waals surface area contributed by atoms with Crippen molar-refractivity contribution in [3.8, 4) is 5.82 Å². The lowest BCUT2D eigenvalue weighted by atomic mass is 10.1. The number of amides is 1. The van der Waals surface area contributed by atoms with Crippen LogP contribution in [0, 0.1) is 6.92 Å². The lowest BCUT2D eigenvalue weighted by Gasteiger charge is -2.06. The standard InChI is InChI=1S/C24H23ClN6O4/c1-4-5-20(32)17-9-28-31(14(17)2)22-11-26-21(10-27-22)29-24(34)18-12-30(13-23(33)35-3)19-7-6-15(25)8-16(18)19/h6-12H,4-5,13H2,1-3H3,(H,26,29,34). The second kappa shape index (κ2) is 10.1. The molecule has 3 aromatic heterocycles. The third kappa shape index (κ3) is 4.92. The Morgan fingerprint density at radius 2 is 1.91 bits per heavy atom. The van der Waals surface area contributed by atoms with Crippen LogP contribution in [0.1, 0.15) is 46.2 Å². The van der Waals surface area contributed by atoms with Crippen LogP contribution in [-0.4, -0.2) is 49.1 Å². The molecule has 11 heteroatoms. The topological polar surface area (TPSA) is 121 Å². The predicted octanol–water partition coefficient (Wildman–Crippen LogP) is 3.99. The maximum absolute atomic E-state index is 13.1. The van der Waals surface area contributed by atoms with E-state index in [1.807, 2.05) is 6.92 Å². The SMILES string of the molecule is CCCC(=O)c1cnn(-c2cnc(NC(=O)c3cn(CC(=O)OC)c4ccc(Cl)cc34)cn2)c1C. The molecule has 35 heavy (non-hydrogen) atoms. The third-order valence-corrected chi connectivity index (χ3v) is 5.73. The largest absolute Gasteiger partial charge is 0.468 e. The fourth-order valence-electron chi connectivity index (χ4n) is 3.74. The van der Waals surface area contributed by atoms with Crippen molar-refractivity contribution in [1.29, 1.82) is 0 Å². The number of esters is 1. The maximum Gasteiger partial charge on any atom is 0.325 e. The Balaban J connectivity index is 1.57. The summed E-state index contributed by atoms with van der Waals surface area (Å²) in [6.07, 6.45) is 7.16. The number of carbonyl (C=O) groups is 3. The zero-order valence-electron chi connectivity index (χ0n) is 19.4. The van der Waals surface area contributed by atoms with E-state index in [-0.39, 0.29) is 18.1 Å². The highest BCUT2D eigenvalue weighted by Gasteiger charge is 2.19. The summed E-state index contributed by atoms with van der Waals surface area (Å²) >= 11 is 6.14. The van der Waals surface area contributed by atoms with Gasteiger partial charge in [0.05, 0.1) is 42.5 Å². The molecule has 0 spiro atoms. The van der Waals surface area contributed by atoms with Gasteiger partial charge in [-0.05, 0) is 31.5 Å². The number of ketones is 1. The molecule has 0 fully saturated rings. The van der Waals surface area contributed by atoms with Crippen molar-refractivity contribution in [2.24, 2.45) is 0 Å². The molecule has 1 aromatic carbocycles. The monoisotopic (exact) mass is 494 g/mol. The minimum absolute atomic E-state index is 0.0274. The average molecular weight is 495 g/mol. The molecule has 0 atom stereocenters. The van der Waals surface area contributed by atoms with Crippen LogP contribution in [0.15, 0.2) is 43.0 Å². The molecule has 0 saturated carbocycles. The first kappa shape index (κ1) is 24.1. The molecule has 180 valence electrons. The van der Waals surface area contributed by atoms with Gasteiger partial charge in [0.2, 0.25) is 0 Å². The number of ether oxygens (including phenoxy) is 1. The van der Waals surface area contributed by atoms with Gasteiger partial charge in [0.15, 0.2) is 17.4 Å². The lowest BCUT2D eigenvalue weighted by molar-refractivity contribution is -0.141. The Morgan fingerprint density at radius 3 is 2.60 bits per heavy atom. The molecule has 0 aliphatic carbocycles. The number of hydrogen-bond acceptors (Lipinski definition) is 7. The van der Waals surface area contributed by atoms with Crippen molar-refractivity contribution in [2.45, 2.75) is 33.2 Å². The Labute approximate surface area is 205 Å². The van der Waals surface area contributed by atoms with Crippen molar-refractivity contribution in [1.82, 2.24) is 24.3 Å². The first-order chi connectivity index (χ1) is 16.8. The van der Waals surface area contributed by atoms with Crippen LogP contribution in [0.3, 0.4) is 0 Å². The summed E-state index contributed by atoms with van der Waals surface area (Å²) in [5, 5.41) is 8.01. The second-order valence-corrected chi connectivity index (χ2v) is 8.29. The number of methoxy groups -OCH3 is 1. The van der Waals surface area contributed by atoms with E-state index in [4.69, 9.17) is 16.3 Å². The van der Waals surface area contributed by atoms with E-state index in [2.05, 4.69) is 20.4 Å². The lowest BCUT2D eigenvalue weighted by Crippen LogP contribution is -2.14. The first-order valence-electron chi connectivity index (χ1n) is 10.9. The number of fused-ring (bicyclic) bond motifs is 1. The molecule has 0 unspecified atom stereocenters. The Kier molecular flexibility index (Phi) is 6.92. The molecule has 1 amide bonds. The summed E-state index contributed by atoms with van der Waals surface area (Å²) in [5.74, 6) is -0.219. The van der Waals surface area contributed by atoms with Crippen molar-refractivity contribution in [3.63, 3.8) is 0 Å². The minimum atomic E-state index is -0.446. The van der Waals surface area contributed by atoms with E-state index in [9.17, 15) is 14.4 Å². The molecule has 0 radical (unpaired) electrons. The number of nitrogens with one attached hydrogen (secondary N) is 1. The van der Waals surface area contributed by atoms with Crippen LogP contribution in [-0.2, 0) is 16.1 Å². The van der Waals surface area contributed by atoms with E-state index in [0.29, 0.717) is 45.0 Å². The van der Waals surface area contributed by atoms with Crippen LogP contribution in [0.2, 0.25) is 5.02 Å². The summed E-state index contributed by atoms with van der Waals surface area (Å²) < 4.78 is 7.90. The number of benzene rings is 1. The Morgan fingerprint density at radius 1 is 1.11 bits per heavy atom. The van der Waals surface area contributed by atoms with Gasteiger partial charge >= 0.3 is 5.97 Å². The van der Waals surface area contributed by atoms with Gasteiger partial charge in [-0.25, -0.2) is 14.6 Å². The van der Waals surface area contributed by atoms with Crippen molar-refractivity contribution in [3.05, 3.63) is 64.8 Å². The number of halogens is 1. The number of hydrogen-bond donors (Lipinski definition) is 1. The smallest absolute Gasteiger partial charge is 0.325 e. The van der Waals surface area contributed by atoms with E-state index in [1.54, 1.807) is 35.9 Å². The summed E-state index contributed by atoms with van der Waals surface area (Å²) in [7, 11) is 1.30. The molecule has 4 aromatic rings. The van der Waals surface area contributed by atoms with Gasteiger partial charge in [-0.1, -0.05) is 18.5 Å². The van der Waals surface area contributed by atoms with E-state index in [1.165, 1.54) is 30.4 Å². The highest BCUT2D eigenvalue weighted by molar-refractivity contribution is 6.31. The molecule has 0 aliphatic rings. The minimum Gasteiger partial charge on any atom is -0.468 e. The zero-order valence-corrected chi connectivity index (χ0v) is 20.2. The Bertz CT molecular complexity index is 1420. The summed E-state index contributed by atoms with van der Waals surface area (Å²) in [4.78, 5) is 45.7. The molecular formula is C24H23ClN6O4. The van der Waals surface area contributed by atoms with Gasteiger partial charge in [-0.15, -0.1) is 0 Å². The van der Waals surface area contributed by atoms with Crippen LogP contribution in [0.4, 0.5) is 5.82 Å². The van der Waals surface area contributed by atoms with Crippen LogP contribution in [0.5, 0.6) is 0 Å². The molecule has 0 bridgehead atoms. The third-order valence-electron chi connectivity index (χ3n) is 5.50. The molecule has 1 N–H and O–H groups in total. The highest BCUT2D eigenvalue weighted by Crippen LogP contribution is 2.26. The molecule has 3 heterocycles. The van der Waals surface area contributed by atoms with Gasteiger partial charge in [0.1, 0.15) is 6.54 Å². The van der Waals surface area contributed by atoms with E-state index in [0.717, 1.165) is 6.42 Å². The number of carbonyl (C=O) groups excluding carboxylic acids is 3. The zero-order chi connectivity index (χ0) is 25.1. The Hall–Kier alpha value is -4.05. The number of aromatic nitrogens is 5. The number of anilines is 1. The number of rotatable bonds is 8. The van der Waals surface area contributed by atoms with Crippen LogP contribution < -0.4 is 5.32 Å². The van der Waals surface area contributed by atoms with Gasteiger partial charge in [-0.3, -0.25) is 14.4 Å². The van der Waals surface area contributed by atoms with Crippen molar-refractivity contribution >= 4 is 46.0 Å². The molecule has 0 aliphatic heterocycles. The molecule has 10 nitrogen and oxygen atoms in total.